The first-order chi connectivity index (χ1) is 7.55. The van der Waals surface area contributed by atoms with Crippen LogP contribution in [0.2, 0.25) is 0 Å². The summed E-state index contributed by atoms with van der Waals surface area (Å²) in [5.74, 6) is 0.936. The number of carbonyl (C=O) groups is 1. The summed E-state index contributed by atoms with van der Waals surface area (Å²) in [6.07, 6.45) is 5.65. The standard InChI is InChI=1S/C12H26N2OS/c1-5-12(6-2,7-3)14-11(15)10(13)8-9-16-4/h10H,5-9,13H2,1-4H3,(H,14,15)/t10-/m0/s1. The van der Waals surface area contributed by atoms with Crippen molar-refractivity contribution in [2.75, 3.05) is 12.0 Å². The Morgan fingerprint density at radius 3 is 2.19 bits per heavy atom. The van der Waals surface area contributed by atoms with Crippen LogP contribution in [0, 0.1) is 0 Å². The van der Waals surface area contributed by atoms with Crippen molar-refractivity contribution in [3.63, 3.8) is 0 Å². The number of carbonyl (C=O) groups excluding carboxylic acids is 1. The van der Waals surface area contributed by atoms with E-state index in [1.54, 1.807) is 11.8 Å². The maximum atomic E-state index is 11.9. The lowest BCUT2D eigenvalue weighted by Gasteiger charge is -2.33. The largest absolute Gasteiger partial charge is 0.349 e. The third-order valence-corrected chi connectivity index (χ3v) is 4.03. The van der Waals surface area contributed by atoms with E-state index >= 15 is 0 Å². The molecule has 0 aromatic carbocycles. The van der Waals surface area contributed by atoms with Crippen molar-refractivity contribution < 1.29 is 4.79 Å². The number of hydrogen-bond donors (Lipinski definition) is 2. The van der Waals surface area contributed by atoms with E-state index in [0.29, 0.717) is 0 Å². The van der Waals surface area contributed by atoms with Crippen molar-refractivity contribution in [3.05, 3.63) is 0 Å². The van der Waals surface area contributed by atoms with E-state index < -0.39 is 0 Å². The highest BCUT2D eigenvalue weighted by Crippen LogP contribution is 2.19. The molecule has 0 aromatic heterocycles. The predicted octanol–water partition coefficient (Wildman–Crippen LogP) is 2.15. The maximum Gasteiger partial charge on any atom is 0.237 e. The molecule has 0 fully saturated rings. The van der Waals surface area contributed by atoms with Gasteiger partial charge in [-0.3, -0.25) is 4.79 Å². The minimum absolute atomic E-state index is 0.000370. The zero-order chi connectivity index (χ0) is 12.6. The zero-order valence-corrected chi connectivity index (χ0v) is 11.8. The van der Waals surface area contributed by atoms with Crippen LogP contribution in [0.5, 0.6) is 0 Å². The van der Waals surface area contributed by atoms with Gasteiger partial charge in [-0.05, 0) is 37.7 Å². The molecule has 4 heteroatoms. The quantitative estimate of drug-likeness (QED) is 0.690. The van der Waals surface area contributed by atoms with Gasteiger partial charge in [-0.2, -0.15) is 11.8 Å². The van der Waals surface area contributed by atoms with Crippen molar-refractivity contribution in [1.82, 2.24) is 5.32 Å². The van der Waals surface area contributed by atoms with Crippen LogP contribution in [0.4, 0.5) is 0 Å². The summed E-state index contributed by atoms with van der Waals surface area (Å²) in [7, 11) is 0. The van der Waals surface area contributed by atoms with Gasteiger partial charge in [0, 0.05) is 5.54 Å². The summed E-state index contributed by atoms with van der Waals surface area (Å²) in [6, 6.07) is -0.364. The fourth-order valence-electron chi connectivity index (χ4n) is 1.75. The molecule has 3 N–H and O–H groups in total. The van der Waals surface area contributed by atoms with E-state index in [4.69, 9.17) is 5.73 Å². The molecule has 0 spiro atoms. The molecular formula is C12H26N2OS. The van der Waals surface area contributed by atoms with E-state index in [1.807, 2.05) is 6.26 Å². The molecule has 0 radical (unpaired) electrons. The van der Waals surface area contributed by atoms with Gasteiger partial charge in [0.1, 0.15) is 0 Å². The van der Waals surface area contributed by atoms with E-state index in [-0.39, 0.29) is 17.5 Å². The lowest BCUT2D eigenvalue weighted by atomic mass is 9.89. The zero-order valence-electron chi connectivity index (χ0n) is 11.0. The third-order valence-electron chi connectivity index (χ3n) is 3.39. The highest BCUT2D eigenvalue weighted by molar-refractivity contribution is 7.98. The Bertz CT molecular complexity index is 197. The van der Waals surface area contributed by atoms with Crippen LogP contribution in [0.1, 0.15) is 46.5 Å². The minimum atomic E-state index is -0.364. The first-order valence-corrected chi connectivity index (χ1v) is 7.51. The summed E-state index contributed by atoms with van der Waals surface area (Å²) in [6.45, 7) is 6.34. The van der Waals surface area contributed by atoms with Gasteiger partial charge < -0.3 is 11.1 Å². The van der Waals surface area contributed by atoms with Gasteiger partial charge in [0.25, 0.3) is 0 Å². The average molecular weight is 246 g/mol. The first-order valence-electron chi connectivity index (χ1n) is 6.11. The number of amides is 1. The SMILES string of the molecule is CCC(CC)(CC)NC(=O)[C@@H](N)CCSC. The molecule has 0 saturated carbocycles. The van der Waals surface area contributed by atoms with Gasteiger partial charge in [-0.25, -0.2) is 0 Å². The molecular weight excluding hydrogens is 220 g/mol. The Labute approximate surface area is 104 Å². The molecule has 0 heterocycles. The van der Waals surface area contributed by atoms with E-state index in [9.17, 15) is 4.79 Å². The average Bonchev–Trinajstić information content (AvgIpc) is 2.32. The Balaban J connectivity index is 4.28. The fourth-order valence-corrected chi connectivity index (χ4v) is 2.23. The van der Waals surface area contributed by atoms with E-state index in [2.05, 4.69) is 26.1 Å². The van der Waals surface area contributed by atoms with Gasteiger partial charge in [-0.1, -0.05) is 20.8 Å². The molecule has 3 nitrogen and oxygen atoms in total. The van der Waals surface area contributed by atoms with Crippen molar-refractivity contribution in [2.24, 2.45) is 5.73 Å². The normalized spacial score (nSPS) is 13.6. The molecule has 0 bridgehead atoms. The summed E-state index contributed by atoms with van der Waals surface area (Å²) in [4.78, 5) is 11.9. The number of nitrogens with one attached hydrogen (secondary N) is 1. The topological polar surface area (TPSA) is 55.1 Å². The molecule has 1 atom stereocenters. The number of hydrogen-bond acceptors (Lipinski definition) is 3. The monoisotopic (exact) mass is 246 g/mol. The van der Waals surface area contributed by atoms with Crippen LogP contribution in [-0.2, 0) is 4.79 Å². The minimum Gasteiger partial charge on any atom is -0.349 e. The second-order valence-corrected chi connectivity index (χ2v) is 5.20. The third kappa shape index (κ3) is 4.74. The first kappa shape index (κ1) is 15.8. The fraction of sp³-hybridized carbons (Fsp3) is 0.917. The van der Waals surface area contributed by atoms with Crippen LogP contribution < -0.4 is 11.1 Å². The highest BCUT2D eigenvalue weighted by atomic mass is 32.2. The molecule has 0 aromatic rings. The van der Waals surface area contributed by atoms with E-state index in [0.717, 1.165) is 31.4 Å². The Morgan fingerprint density at radius 1 is 1.31 bits per heavy atom. The highest BCUT2D eigenvalue weighted by Gasteiger charge is 2.27. The Hall–Kier alpha value is -0.220. The second-order valence-electron chi connectivity index (χ2n) is 4.22. The Morgan fingerprint density at radius 2 is 1.81 bits per heavy atom. The molecule has 1 amide bonds. The van der Waals surface area contributed by atoms with Crippen LogP contribution in [0.15, 0.2) is 0 Å². The summed E-state index contributed by atoms with van der Waals surface area (Å²) in [5.41, 5.74) is 5.79. The number of thioether (sulfide) groups is 1. The summed E-state index contributed by atoms with van der Waals surface area (Å²) >= 11 is 1.72. The lowest BCUT2D eigenvalue weighted by molar-refractivity contribution is -0.124. The smallest absolute Gasteiger partial charge is 0.237 e. The number of nitrogens with two attached hydrogens (primary N) is 1. The second kappa shape index (κ2) is 7.96. The van der Waals surface area contributed by atoms with E-state index in [1.165, 1.54) is 0 Å². The van der Waals surface area contributed by atoms with Crippen LogP contribution in [0.3, 0.4) is 0 Å². The van der Waals surface area contributed by atoms with Crippen molar-refractivity contribution in [1.29, 1.82) is 0 Å². The molecule has 16 heavy (non-hydrogen) atoms. The molecule has 0 aliphatic rings. The van der Waals surface area contributed by atoms with Crippen molar-refractivity contribution >= 4 is 17.7 Å². The van der Waals surface area contributed by atoms with Gasteiger partial charge >= 0.3 is 0 Å². The Kier molecular flexibility index (Phi) is 7.85. The molecule has 0 saturated heterocycles. The van der Waals surface area contributed by atoms with Gasteiger partial charge in [0.2, 0.25) is 5.91 Å². The van der Waals surface area contributed by atoms with Gasteiger partial charge in [0.15, 0.2) is 0 Å². The van der Waals surface area contributed by atoms with Crippen molar-refractivity contribution in [3.8, 4) is 0 Å². The summed E-state index contributed by atoms with van der Waals surface area (Å²) in [5, 5.41) is 3.12. The molecule has 0 unspecified atom stereocenters. The van der Waals surface area contributed by atoms with Gasteiger partial charge in [-0.15, -0.1) is 0 Å². The lowest BCUT2D eigenvalue weighted by Crippen LogP contribution is -2.53. The number of rotatable bonds is 8. The molecule has 0 aliphatic heterocycles. The van der Waals surface area contributed by atoms with Crippen LogP contribution in [-0.4, -0.2) is 29.5 Å². The van der Waals surface area contributed by atoms with Gasteiger partial charge in [0.05, 0.1) is 6.04 Å². The molecule has 0 aliphatic carbocycles. The summed E-state index contributed by atoms with van der Waals surface area (Å²) < 4.78 is 0. The molecule has 0 rings (SSSR count). The predicted molar refractivity (Wildman–Crippen MR) is 72.7 cm³/mol. The molecule has 96 valence electrons. The van der Waals surface area contributed by atoms with Crippen LogP contribution >= 0.6 is 11.8 Å². The maximum absolute atomic E-state index is 11.9. The van der Waals surface area contributed by atoms with Crippen LogP contribution in [0.25, 0.3) is 0 Å². The van der Waals surface area contributed by atoms with Crippen molar-refractivity contribution in [2.45, 2.75) is 58.0 Å².